The molecule has 1 aromatic heterocycles. The van der Waals surface area contributed by atoms with Crippen LogP contribution in [0.1, 0.15) is 43.0 Å². The smallest absolute Gasteiger partial charge is 0.306 e. The summed E-state index contributed by atoms with van der Waals surface area (Å²) in [6.07, 6.45) is 4.00. The van der Waals surface area contributed by atoms with E-state index in [0.29, 0.717) is 50.7 Å². The van der Waals surface area contributed by atoms with Crippen LogP contribution >= 0.6 is 0 Å². The number of ether oxygens (including phenoxy) is 2. The van der Waals surface area contributed by atoms with Gasteiger partial charge in [-0.25, -0.2) is 4.98 Å². The van der Waals surface area contributed by atoms with Crippen molar-refractivity contribution in [2.24, 2.45) is 0 Å². The highest BCUT2D eigenvalue weighted by Crippen LogP contribution is 2.20. The maximum absolute atomic E-state index is 12.7. The van der Waals surface area contributed by atoms with Crippen molar-refractivity contribution in [2.45, 2.75) is 38.7 Å². The summed E-state index contributed by atoms with van der Waals surface area (Å²) < 4.78 is 10.4. The van der Waals surface area contributed by atoms with Crippen LogP contribution in [0.3, 0.4) is 0 Å². The number of hydrogen-bond donors (Lipinski definition) is 1. The SMILES string of the molecule is CCOC(=O)CCC(=O)N1CCN(c2ncccc2C(=O)NC[C@H]2CCCO2)CC1. The van der Waals surface area contributed by atoms with Crippen molar-refractivity contribution in [1.82, 2.24) is 15.2 Å². The van der Waals surface area contributed by atoms with Gasteiger partial charge in [-0.05, 0) is 31.9 Å². The van der Waals surface area contributed by atoms with E-state index in [2.05, 4.69) is 10.3 Å². The van der Waals surface area contributed by atoms with Gasteiger partial charge in [0.15, 0.2) is 0 Å². The summed E-state index contributed by atoms with van der Waals surface area (Å²) in [6, 6.07) is 3.52. The van der Waals surface area contributed by atoms with E-state index in [0.717, 1.165) is 19.4 Å². The predicted molar refractivity (Wildman–Crippen MR) is 110 cm³/mol. The number of anilines is 1. The molecular weight excluding hydrogens is 388 g/mol. The number of rotatable bonds is 8. The van der Waals surface area contributed by atoms with Gasteiger partial charge in [-0.15, -0.1) is 0 Å². The minimum absolute atomic E-state index is 0.0572. The van der Waals surface area contributed by atoms with Crippen LogP contribution in [0.4, 0.5) is 5.82 Å². The number of piperazine rings is 1. The van der Waals surface area contributed by atoms with Crippen molar-refractivity contribution in [1.29, 1.82) is 0 Å². The Labute approximate surface area is 176 Å². The molecule has 2 aliphatic heterocycles. The van der Waals surface area contributed by atoms with E-state index >= 15 is 0 Å². The van der Waals surface area contributed by atoms with Gasteiger partial charge in [0.1, 0.15) is 5.82 Å². The molecule has 3 heterocycles. The Hall–Kier alpha value is -2.68. The lowest BCUT2D eigenvalue weighted by Crippen LogP contribution is -2.49. The second kappa shape index (κ2) is 10.9. The third kappa shape index (κ3) is 5.91. The Morgan fingerprint density at radius 1 is 1.23 bits per heavy atom. The van der Waals surface area contributed by atoms with Crippen LogP contribution in [0.5, 0.6) is 0 Å². The molecule has 9 heteroatoms. The second-order valence-electron chi connectivity index (χ2n) is 7.39. The Balaban J connectivity index is 1.52. The lowest BCUT2D eigenvalue weighted by molar-refractivity contribution is -0.145. The van der Waals surface area contributed by atoms with Crippen molar-refractivity contribution in [2.75, 3.05) is 50.8 Å². The largest absolute Gasteiger partial charge is 0.466 e. The zero-order valence-electron chi connectivity index (χ0n) is 17.5. The minimum Gasteiger partial charge on any atom is -0.466 e. The number of carbonyl (C=O) groups excluding carboxylic acids is 3. The van der Waals surface area contributed by atoms with E-state index in [-0.39, 0.29) is 36.7 Å². The Morgan fingerprint density at radius 3 is 2.73 bits per heavy atom. The molecule has 0 aliphatic carbocycles. The molecule has 164 valence electrons. The average Bonchev–Trinajstić information content (AvgIpc) is 3.30. The molecule has 2 aliphatic rings. The third-order valence-electron chi connectivity index (χ3n) is 5.33. The number of amides is 2. The number of hydrogen-bond acceptors (Lipinski definition) is 7. The van der Waals surface area contributed by atoms with Gasteiger partial charge < -0.3 is 24.6 Å². The van der Waals surface area contributed by atoms with Crippen LogP contribution in [0.15, 0.2) is 18.3 Å². The molecule has 0 radical (unpaired) electrons. The number of carbonyl (C=O) groups is 3. The van der Waals surface area contributed by atoms with Gasteiger partial charge in [0.25, 0.3) is 5.91 Å². The molecule has 0 bridgehead atoms. The first kappa shape index (κ1) is 22.0. The maximum Gasteiger partial charge on any atom is 0.306 e. The van der Waals surface area contributed by atoms with Gasteiger partial charge in [-0.1, -0.05) is 0 Å². The van der Waals surface area contributed by atoms with E-state index in [9.17, 15) is 14.4 Å². The van der Waals surface area contributed by atoms with Gasteiger partial charge in [0.05, 0.1) is 24.7 Å². The summed E-state index contributed by atoms with van der Waals surface area (Å²) in [5, 5.41) is 2.95. The lowest BCUT2D eigenvalue weighted by atomic mass is 10.2. The van der Waals surface area contributed by atoms with Gasteiger partial charge in [-0.3, -0.25) is 14.4 Å². The van der Waals surface area contributed by atoms with Crippen LogP contribution in [0, 0.1) is 0 Å². The predicted octanol–water partition coefficient (Wildman–Crippen LogP) is 0.982. The first-order valence-corrected chi connectivity index (χ1v) is 10.6. The highest BCUT2D eigenvalue weighted by molar-refractivity contribution is 5.99. The van der Waals surface area contributed by atoms with Crippen molar-refractivity contribution in [3.63, 3.8) is 0 Å². The summed E-state index contributed by atoms with van der Waals surface area (Å²) in [4.78, 5) is 44.7. The summed E-state index contributed by atoms with van der Waals surface area (Å²) in [5.74, 6) is 0.0531. The molecule has 9 nitrogen and oxygen atoms in total. The van der Waals surface area contributed by atoms with E-state index < -0.39 is 0 Å². The molecule has 1 N–H and O–H groups in total. The normalized spacial score (nSPS) is 18.9. The molecule has 30 heavy (non-hydrogen) atoms. The molecule has 0 unspecified atom stereocenters. The maximum atomic E-state index is 12.7. The second-order valence-corrected chi connectivity index (χ2v) is 7.39. The Bertz CT molecular complexity index is 743. The van der Waals surface area contributed by atoms with Gasteiger partial charge >= 0.3 is 5.97 Å². The highest BCUT2D eigenvalue weighted by atomic mass is 16.5. The zero-order chi connectivity index (χ0) is 21.3. The highest BCUT2D eigenvalue weighted by Gasteiger charge is 2.25. The fraction of sp³-hybridized carbons (Fsp3) is 0.619. The lowest BCUT2D eigenvalue weighted by Gasteiger charge is -2.36. The molecule has 2 fully saturated rings. The van der Waals surface area contributed by atoms with Crippen LogP contribution in [-0.2, 0) is 19.1 Å². The number of aromatic nitrogens is 1. The summed E-state index contributed by atoms with van der Waals surface area (Å²) in [5.41, 5.74) is 0.526. The monoisotopic (exact) mass is 418 g/mol. The van der Waals surface area contributed by atoms with E-state index in [4.69, 9.17) is 9.47 Å². The molecular formula is C21H30N4O5. The van der Waals surface area contributed by atoms with Crippen molar-refractivity contribution < 1.29 is 23.9 Å². The number of esters is 1. The zero-order valence-corrected chi connectivity index (χ0v) is 17.5. The summed E-state index contributed by atoms with van der Waals surface area (Å²) in [6.45, 7) is 5.51. The molecule has 1 atom stereocenters. The summed E-state index contributed by atoms with van der Waals surface area (Å²) >= 11 is 0. The molecule has 1 aromatic rings. The number of nitrogens with one attached hydrogen (secondary N) is 1. The van der Waals surface area contributed by atoms with Gasteiger partial charge in [0, 0.05) is 51.9 Å². The molecule has 0 spiro atoms. The van der Waals surface area contributed by atoms with Crippen molar-refractivity contribution in [3.05, 3.63) is 23.9 Å². The van der Waals surface area contributed by atoms with Crippen LogP contribution < -0.4 is 10.2 Å². The Kier molecular flexibility index (Phi) is 8.01. The topological polar surface area (TPSA) is 101 Å². The van der Waals surface area contributed by atoms with Crippen molar-refractivity contribution >= 4 is 23.6 Å². The molecule has 2 amide bonds. The van der Waals surface area contributed by atoms with E-state index in [1.807, 2.05) is 4.90 Å². The molecule has 2 saturated heterocycles. The quantitative estimate of drug-likeness (QED) is 0.628. The molecule has 0 saturated carbocycles. The minimum atomic E-state index is -0.350. The summed E-state index contributed by atoms with van der Waals surface area (Å²) in [7, 11) is 0. The molecule has 0 aromatic carbocycles. The first-order valence-electron chi connectivity index (χ1n) is 10.6. The number of nitrogens with zero attached hydrogens (tertiary/aromatic N) is 3. The van der Waals surface area contributed by atoms with E-state index in [1.54, 1.807) is 30.2 Å². The van der Waals surface area contributed by atoms with Gasteiger partial charge in [0.2, 0.25) is 5.91 Å². The molecule has 3 rings (SSSR count). The van der Waals surface area contributed by atoms with Crippen molar-refractivity contribution in [3.8, 4) is 0 Å². The standard InChI is InChI=1S/C21H30N4O5/c1-2-29-19(27)8-7-18(26)24-10-12-25(13-11-24)20-17(6-3-9-22-20)21(28)23-15-16-5-4-14-30-16/h3,6,9,16H,2,4-5,7-8,10-15H2,1H3,(H,23,28)/t16-/m1/s1. The fourth-order valence-electron chi connectivity index (χ4n) is 3.70. The average molecular weight is 418 g/mol. The first-order chi connectivity index (χ1) is 14.6. The fourth-order valence-corrected chi connectivity index (χ4v) is 3.70. The van der Waals surface area contributed by atoms with Crippen LogP contribution in [0.2, 0.25) is 0 Å². The van der Waals surface area contributed by atoms with Crippen LogP contribution in [-0.4, -0.2) is 79.7 Å². The van der Waals surface area contributed by atoms with E-state index in [1.165, 1.54) is 0 Å². The van der Waals surface area contributed by atoms with Crippen LogP contribution in [0.25, 0.3) is 0 Å². The number of pyridine rings is 1. The third-order valence-corrected chi connectivity index (χ3v) is 5.33. The van der Waals surface area contributed by atoms with Gasteiger partial charge in [-0.2, -0.15) is 0 Å². The Morgan fingerprint density at radius 2 is 2.03 bits per heavy atom.